The molecule has 38 heavy (non-hydrogen) atoms. The predicted molar refractivity (Wildman–Crippen MR) is 136 cm³/mol. The molecule has 0 aliphatic rings. The average molecular weight is 525 g/mol. The first kappa shape index (κ1) is 28.1. The number of pyridine rings is 1. The molecule has 9 nitrogen and oxygen atoms in total. The fourth-order valence-corrected chi connectivity index (χ4v) is 3.98. The summed E-state index contributed by atoms with van der Waals surface area (Å²) in [5.74, 6) is -2.83. The minimum absolute atomic E-state index is 0.128. The van der Waals surface area contributed by atoms with E-state index in [9.17, 15) is 18.8 Å². The Kier molecular flexibility index (Phi) is 9.37. The Morgan fingerprint density at radius 2 is 1.63 bits per heavy atom. The molecule has 0 spiro atoms. The Morgan fingerprint density at radius 3 is 2.26 bits per heavy atom. The molecule has 1 N–H and O–H groups in total. The van der Waals surface area contributed by atoms with Gasteiger partial charge in [0, 0.05) is 36.7 Å². The van der Waals surface area contributed by atoms with Crippen molar-refractivity contribution in [2.45, 2.75) is 38.8 Å². The number of carbonyl (C=O) groups is 3. The number of methoxy groups -OCH3 is 2. The van der Waals surface area contributed by atoms with Crippen LogP contribution < -0.4 is 19.5 Å². The van der Waals surface area contributed by atoms with Crippen molar-refractivity contribution in [1.82, 2.24) is 10.3 Å². The van der Waals surface area contributed by atoms with Crippen molar-refractivity contribution in [3.05, 3.63) is 83.4 Å². The van der Waals surface area contributed by atoms with Gasteiger partial charge in [0.25, 0.3) is 5.91 Å². The molecular weight excluding hydrogens is 495 g/mol. The van der Waals surface area contributed by atoms with Crippen LogP contribution in [0, 0.1) is 5.82 Å². The van der Waals surface area contributed by atoms with Crippen molar-refractivity contribution >= 4 is 17.8 Å². The zero-order valence-corrected chi connectivity index (χ0v) is 21.7. The Hall–Kier alpha value is -4.47. The van der Waals surface area contributed by atoms with Crippen molar-refractivity contribution in [3.63, 3.8) is 0 Å². The monoisotopic (exact) mass is 524 g/mol. The molecule has 0 radical (unpaired) electrons. The van der Waals surface area contributed by atoms with Crippen LogP contribution in [0.25, 0.3) is 0 Å². The molecule has 0 aliphatic heterocycles. The number of hydrogen-bond acceptors (Lipinski definition) is 8. The number of hydrogen-bond donors (Lipinski definition) is 1. The second-order valence-electron chi connectivity index (χ2n) is 8.40. The third kappa shape index (κ3) is 6.64. The standard InChI is InChI=1S/C28H29FN2O7/c1-16(31-27(33)25-26(38-18(3)32)22(35-4)13-14-30-25)28(34)37-17(2)24(19-9-7-6-8-10-19)21-12-11-20(29)15-23(21)36-5/h6-17,24H,1-5H3,(H,31,33)/t16-,17-,24-/m0/s1. The molecule has 2 aromatic carbocycles. The van der Waals surface area contributed by atoms with Gasteiger partial charge in [0.2, 0.25) is 5.75 Å². The number of nitrogens with zero attached hydrogens (tertiary/aromatic N) is 1. The van der Waals surface area contributed by atoms with Gasteiger partial charge in [0.05, 0.1) is 14.2 Å². The van der Waals surface area contributed by atoms with Crippen molar-refractivity contribution in [2.75, 3.05) is 14.2 Å². The molecule has 1 aromatic heterocycles. The first-order valence-corrected chi connectivity index (χ1v) is 11.8. The summed E-state index contributed by atoms with van der Waals surface area (Å²) in [5, 5.41) is 2.52. The fraction of sp³-hybridized carbons (Fsp3) is 0.286. The lowest BCUT2D eigenvalue weighted by atomic mass is 9.86. The van der Waals surface area contributed by atoms with Gasteiger partial charge in [-0.1, -0.05) is 36.4 Å². The lowest BCUT2D eigenvalue weighted by Crippen LogP contribution is -2.41. The highest BCUT2D eigenvalue weighted by Crippen LogP contribution is 2.36. The van der Waals surface area contributed by atoms with Crippen molar-refractivity contribution in [1.29, 1.82) is 0 Å². The van der Waals surface area contributed by atoms with Crippen LogP contribution in [-0.4, -0.2) is 49.2 Å². The number of ether oxygens (including phenoxy) is 4. The van der Waals surface area contributed by atoms with Crippen LogP contribution in [0.15, 0.2) is 60.8 Å². The summed E-state index contributed by atoms with van der Waals surface area (Å²) in [6, 6.07) is 13.8. The number of rotatable bonds is 10. The highest BCUT2D eigenvalue weighted by atomic mass is 19.1. The second kappa shape index (κ2) is 12.7. The molecule has 0 bridgehead atoms. The summed E-state index contributed by atoms with van der Waals surface area (Å²) in [6.07, 6.45) is 0.585. The first-order chi connectivity index (χ1) is 18.2. The number of esters is 2. The number of carbonyl (C=O) groups excluding carboxylic acids is 3. The maximum atomic E-state index is 13.9. The van der Waals surface area contributed by atoms with E-state index in [4.69, 9.17) is 18.9 Å². The molecule has 3 rings (SSSR count). The Labute approximate surface area is 219 Å². The molecular formula is C28H29FN2O7. The number of nitrogens with one attached hydrogen (secondary N) is 1. The number of amides is 1. The maximum absolute atomic E-state index is 13.9. The Morgan fingerprint density at radius 1 is 0.947 bits per heavy atom. The fourth-order valence-electron chi connectivity index (χ4n) is 3.98. The molecule has 0 fully saturated rings. The van der Waals surface area contributed by atoms with E-state index >= 15 is 0 Å². The number of benzene rings is 2. The van der Waals surface area contributed by atoms with Gasteiger partial charge in [0.15, 0.2) is 11.4 Å². The third-order valence-corrected chi connectivity index (χ3v) is 5.71. The molecule has 200 valence electrons. The molecule has 3 atom stereocenters. The minimum atomic E-state index is -1.09. The van der Waals surface area contributed by atoms with E-state index in [1.54, 1.807) is 13.0 Å². The summed E-state index contributed by atoms with van der Waals surface area (Å²) < 4.78 is 35.3. The summed E-state index contributed by atoms with van der Waals surface area (Å²) in [4.78, 5) is 41.5. The smallest absolute Gasteiger partial charge is 0.328 e. The van der Waals surface area contributed by atoms with Gasteiger partial charge < -0.3 is 24.3 Å². The van der Waals surface area contributed by atoms with Gasteiger partial charge in [0.1, 0.15) is 23.7 Å². The van der Waals surface area contributed by atoms with Gasteiger partial charge in [-0.2, -0.15) is 0 Å². The molecule has 1 heterocycles. The second-order valence-corrected chi connectivity index (χ2v) is 8.40. The number of halogens is 1. The predicted octanol–water partition coefficient (Wildman–Crippen LogP) is 4.05. The maximum Gasteiger partial charge on any atom is 0.328 e. The van der Waals surface area contributed by atoms with Crippen LogP contribution in [0.5, 0.6) is 17.2 Å². The van der Waals surface area contributed by atoms with Crippen LogP contribution in [0.4, 0.5) is 4.39 Å². The Balaban J connectivity index is 1.82. The first-order valence-electron chi connectivity index (χ1n) is 11.8. The van der Waals surface area contributed by atoms with E-state index in [-0.39, 0.29) is 17.2 Å². The number of aromatic nitrogens is 1. The molecule has 0 unspecified atom stereocenters. The lowest BCUT2D eigenvalue weighted by molar-refractivity contribution is -0.150. The summed E-state index contributed by atoms with van der Waals surface area (Å²) in [7, 11) is 2.79. The van der Waals surface area contributed by atoms with E-state index in [0.29, 0.717) is 11.3 Å². The average Bonchev–Trinajstić information content (AvgIpc) is 2.89. The highest BCUT2D eigenvalue weighted by Gasteiger charge is 2.30. The molecule has 0 saturated heterocycles. The summed E-state index contributed by atoms with van der Waals surface area (Å²) in [5.41, 5.74) is 1.22. The van der Waals surface area contributed by atoms with Gasteiger partial charge in [-0.05, 0) is 25.5 Å². The summed E-state index contributed by atoms with van der Waals surface area (Å²) in [6.45, 7) is 4.33. The van der Waals surface area contributed by atoms with Crippen LogP contribution in [0.1, 0.15) is 48.3 Å². The van der Waals surface area contributed by atoms with E-state index < -0.39 is 41.7 Å². The minimum Gasteiger partial charge on any atom is -0.496 e. The van der Waals surface area contributed by atoms with Crippen LogP contribution in [0.3, 0.4) is 0 Å². The molecule has 3 aromatic rings. The van der Waals surface area contributed by atoms with Crippen LogP contribution >= 0.6 is 0 Å². The molecule has 0 aliphatic carbocycles. The quantitative estimate of drug-likeness (QED) is 0.396. The van der Waals surface area contributed by atoms with Crippen molar-refractivity contribution in [2.24, 2.45) is 0 Å². The van der Waals surface area contributed by atoms with E-state index in [1.165, 1.54) is 52.5 Å². The normalized spacial score (nSPS) is 13.0. The van der Waals surface area contributed by atoms with Gasteiger partial charge in [-0.25, -0.2) is 14.2 Å². The Bertz CT molecular complexity index is 1300. The van der Waals surface area contributed by atoms with Gasteiger partial charge in [-0.3, -0.25) is 9.59 Å². The van der Waals surface area contributed by atoms with Crippen molar-refractivity contribution < 1.29 is 37.7 Å². The van der Waals surface area contributed by atoms with Crippen LogP contribution in [-0.2, 0) is 14.3 Å². The summed E-state index contributed by atoms with van der Waals surface area (Å²) >= 11 is 0. The SMILES string of the molecule is COc1cc(F)ccc1[C@H](c1ccccc1)[C@H](C)OC(=O)[C@H](C)NC(=O)c1nccc(OC)c1OC(C)=O. The van der Waals surface area contributed by atoms with E-state index in [0.717, 1.165) is 5.56 Å². The van der Waals surface area contributed by atoms with Crippen molar-refractivity contribution in [3.8, 4) is 17.2 Å². The largest absolute Gasteiger partial charge is 0.496 e. The third-order valence-electron chi connectivity index (χ3n) is 5.71. The zero-order chi connectivity index (χ0) is 27.8. The molecule has 10 heteroatoms. The zero-order valence-electron chi connectivity index (χ0n) is 21.7. The van der Waals surface area contributed by atoms with Gasteiger partial charge in [-0.15, -0.1) is 0 Å². The van der Waals surface area contributed by atoms with Crippen LogP contribution in [0.2, 0.25) is 0 Å². The van der Waals surface area contributed by atoms with Gasteiger partial charge >= 0.3 is 11.9 Å². The topological polar surface area (TPSA) is 113 Å². The van der Waals surface area contributed by atoms with E-state index in [1.807, 2.05) is 30.3 Å². The highest BCUT2D eigenvalue weighted by molar-refractivity contribution is 5.98. The molecule has 1 amide bonds. The van der Waals surface area contributed by atoms with E-state index in [2.05, 4.69) is 10.3 Å². The lowest BCUT2D eigenvalue weighted by Gasteiger charge is -2.27. The molecule has 0 saturated carbocycles.